The normalized spacial score (nSPS) is 13.1. The van der Waals surface area contributed by atoms with Crippen LogP contribution in [-0.4, -0.2) is 26.1 Å². The molecule has 0 spiro atoms. The SMILES string of the molecule is CC(C)(C)CN(CC(C)(C)C)c1ccc(/N=N/c2ccc(S(=O)(=O)O)cc2)cc1. The van der Waals surface area contributed by atoms with Gasteiger partial charge in [0.2, 0.25) is 0 Å². The van der Waals surface area contributed by atoms with Gasteiger partial charge in [0.1, 0.15) is 0 Å². The summed E-state index contributed by atoms with van der Waals surface area (Å²) in [4.78, 5) is 2.23. The topological polar surface area (TPSA) is 82.3 Å². The lowest BCUT2D eigenvalue weighted by atomic mass is 9.91. The fourth-order valence-corrected chi connectivity index (χ4v) is 3.39. The minimum atomic E-state index is -4.20. The van der Waals surface area contributed by atoms with Crippen LogP contribution in [0.1, 0.15) is 41.5 Å². The maximum Gasteiger partial charge on any atom is 0.294 e. The summed E-state index contributed by atoms with van der Waals surface area (Å²) in [7, 11) is -4.20. The highest BCUT2D eigenvalue weighted by molar-refractivity contribution is 7.85. The second-order valence-electron chi connectivity index (χ2n) is 9.66. The zero-order valence-corrected chi connectivity index (χ0v) is 18.9. The van der Waals surface area contributed by atoms with Gasteiger partial charge in [-0.3, -0.25) is 4.55 Å². The summed E-state index contributed by atoms with van der Waals surface area (Å²) in [5.74, 6) is 0. The molecular weight excluding hydrogens is 386 g/mol. The molecule has 0 unspecified atom stereocenters. The van der Waals surface area contributed by atoms with Gasteiger partial charge in [-0.15, -0.1) is 0 Å². The van der Waals surface area contributed by atoms with Gasteiger partial charge >= 0.3 is 0 Å². The monoisotopic (exact) mass is 417 g/mol. The predicted octanol–water partition coefficient (Wildman–Crippen LogP) is 6.25. The highest BCUT2D eigenvalue weighted by atomic mass is 32.2. The number of benzene rings is 2. The molecule has 158 valence electrons. The first-order valence-electron chi connectivity index (χ1n) is 9.57. The summed E-state index contributed by atoms with van der Waals surface area (Å²) in [5, 5.41) is 8.34. The van der Waals surface area contributed by atoms with Crippen LogP contribution >= 0.6 is 0 Å². The van der Waals surface area contributed by atoms with E-state index in [4.69, 9.17) is 4.55 Å². The van der Waals surface area contributed by atoms with E-state index in [9.17, 15) is 8.42 Å². The largest absolute Gasteiger partial charge is 0.370 e. The van der Waals surface area contributed by atoms with Crippen molar-refractivity contribution >= 4 is 27.2 Å². The Labute approximate surface area is 174 Å². The summed E-state index contributed by atoms with van der Waals surface area (Å²) >= 11 is 0. The number of azo groups is 1. The predicted molar refractivity (Wildman–Crippen MR) is 118 cm³/mol. The van der Waals surface area contributed by atoms with Crippen LogP contribution in [0.25, 0.3) is 0 Å². The van der Waals surface area contributed by atoms with Crippen LogP contribution in [0.15, 0.2) is 63.7 Å². The van der Waals surface area contributed by atoms with Crippen molar-refractivity contribution < 1.29 is 13.0 Å². The van der Waals surface area contributed by atoms with Crippen molar-refractivity contribution in [1.29, 1.82) is 0 Å². The molecule has 0 fully saturated rings. The first kappa shape index (κ1) is 23.0. The van der Waals surface area contributed by atoms with Crippen LogP contribution in [0.4, 0.5) is 17.1 Å². The molecule has 29 heavy (non-hydrogen) atoms. The number of hydrogen-bond donors (Lipinski definition) is 1. The second-order valence-corrected chi connectivity index (χ2v) is 11.1. The molecular formula is C22H31N3O3S. The van der Waals surface area contributed by atoms with Crippen LogP contribution < -0.4 is 4.90 Å². The molecule has 0 aliphatic heterocycles. The second kappa shape index (κ2) is 8.63. The Morgan fingerprint density at radius 2 is 1.14 bits per heavy atom. The molecule has 0 aliphatic carbocycles. The third-order valence-corrected chi connectivity index (χ3v) is 4.83. The maximum atomic E-state index is 11.1. The average Bonchev–Trinajstić information content (AvgIpc) is 2.57. The van der Waals surface area contributed by atoms with E-state index in [-0.39, 0.29) is 15.7 Å². The fourth-order valence-electron chi connectivity index (χ4n) is 2.91. The van der Waals surface area contributed by atoms with Gasteiger partial charge in [-0.2, -0.15) is 18.6 Å². The molecule has 6 nitrogen and oxygen atoms in total. The molecule has 0 saturated carbocycles. The number of nitrogens with zero attached hydrogens (tertiary/aromatic N) is 3. The Morgan fingerprint density at radius 3 is 1.48 bits per heavy atom. The van der Waals surface area contributed by atoms with Gasteiger partial charge in [0.15, 0.2) is 0 Å². The van der Waals surface area contributed by atoms with Crippen molar-refractivity contribution in [3.8, 4) is 0 Å². The lowest BCUT2D eigenvalue weighted by Gasteiger charge is -2.36. The molecule has 0 heterocycles. The van der Waals surface area contributed by atoms with Gasteiger partial charge < -0.3 is 4.90 Å². The molecule has 0 aliphatic rings. The summed E-state index contributed by atoms with van der Waals surface area (Å²) in [6, 6.07) is 13.5. The third-order valence-electron chi connectivity index (χ3n) is 3.96. The van der Waals surface area contributed by atoms with E-state index in [2.05, 4.69) is 56.7 Å². The van der Waals surface area contributed by atoms with Crippen LogP contribution in [0.3, 0.4) is 0 Å². The molecule has 1 N–H and O–H groups in total. The van der Waals surface area contributed by atoms with Crippen molar-refractivity contribution in [2.75, 3.05) is 18.0 Å². The quantitative estimate of drug-likeness (QED) is 0.445. The number of hydrogen-bond acceptors (Lipinski definition) is 5. The highest BCUT2D eigenvalue weighted by Crippen LogP contribution is 2.28. The fraction of sp³-hybridized carbons (Fsp3) is 0.455. The molecule has 0 saturated heterocycles. The lowest BCUT2D eigenvalue weighted by Crippen LogP contribution is -2.38. The molecule has 2 aromatic carbocycles. The molecule has 2 rings (SSSR count). The third kappa shape index (κ3) is 7.95. The molecule has 0 amide bonds. The standard InChI is InChI=1S/C22H31N3O3S/c1-21(2,3)15-25(16-22(4,5)6)19-11-7-17(8-12-19)23-24-18-9-13-20(14-10-18)29(26,27)28/h7-14H,15-16H2,1-6H3,(H,26,27,28)/b24-23+. The Balaban J connectivity index is 2.16. The Morgan fingerprint density at radius 1 is 0.759 bits per heavy atom. The Hall–Kier alpha value is -2.25. The Bertz CT molecular complexity index is 921. The lowest BCUT2D eigenvalue weighted by molar-refractivity contribution is 0.357. The highest BCUT2D eigenvalue weighted by Gasteiger charge is 2.22. The van der Waals surface area contributed by atoms with Crippen molar-refractivity contribution in [3.63, 3.8) is 0 Å². The minimum absolute atomic E-state index is 0.168. The van der Waals surface area contributed by atoms with E-state index in [0.717, 1.165) is 18.8 Å². The van der Waals surface area contributed by atoms with Gasteiger partial charge in [0, 0.05) is 18.8 Å². The zero-order chi connectivity index (χ0) is 21.9. The summed E-state index contributed by atoms with van der Waals surface area (Å²) in [6.45, 7) is 15.3. The van der Waals surface area contributed by atoms with E-state index in [1.165, 1.54) is 24.3 Å². The van der Waals surface area contributed by atoms with Crippen LogP contribution in [0.2, 0.25) is 0 Å². The van der Waals surface area contributed by atoms with Crippen molar-refractivity contribution in [3.05, 3.63) is 48.5 Å². The Kier molecular flexibility index (Phi) is 6.86. The van der Waals surface area contributed by atoms with E-state index >= 15 is 0 Å². The smallest absolute Gasteiger partial charge is 0.294 e. The molecule has 2 aromatic rings. The van der Waals surface area contributed by atoms with Crippen LogP contribution in [0.5, 0.6) is 0 Å². The van der Waals surface area contributed by atoms with E-state index in [1.54, 1.807) is 0 Å². The maximum absolute atomic E-state index is 11.1. The number of anilines is 1. The zero-order valence-electron chi connectivity index (χ0n) is 18.0. The van der Waals surface area contributed by atoms with E-state index < -0.39 is 10.1 Å². The first-order chi connectivity index (χ1) is 13.2. The van der Waals surface area contributed by atoms with Crippen molar-refractivity contribution in [2.45, 2.75) is 46.4 Å². The van der Waals surface area contributed by atoms with Crippen LogP contribution in [0, 0.1) is 10.8 Å². The average molecular weight is 418 g/mol. The first-order valence-corrected chi connectivity index (χ1v) is 11.0. The van der Waals surface area contributed by atoms with Crippen molar-refractivity contribution in [2.24, 2.45) is 21.1 Å². The van der Waals surface area contributed by atoms with Gasteiger partial charge in [-0.05, 0) is 59.4 Å². The molecule has 0 aromatic heterocycles. The number of rotatable bonds is 6. The molecule has 0 bridgehead atoms. The van der Waals surface area contributed by atoms with Gasteiger partial charge in [-0.25, -0.2) is 0 Å². The summed E-state index contributed by atoms with van der Waals surface area (Å²) in [5.41, 5.74) is 2.71. The summed E-state index contributed by atoms with van der Waals surface area (Å²) in [6.07, 6.45) is 0. The molecule has 0 atom stereocenters. The molecule has 0 radical (unpaired) electrons. The van der Waals surface area contributed by atoms with Gasteiger partial charge in [0.25, 0.3) is 10.1 Å². The van der Waals surface area contributed by atoms with Gasteiger partial charge in [-0.1, -0.05) is 41.5 Å². The minimum Gasteiger partial charge on any atom is -0.370 e. The van der Waals surface area contributed by atoms with Gasteiger partial charge in [0.05, 0.1) is 16.3 Å². The summed E-state index contributed by atoms with van der Waals surface area (Å²) < 4.78 is 31.2. The van der Waals surface area contributed by atoms with Crippen molar-refractivity contribution in [1.82, 2.24) is 0 Å². The molecule has 7 heteroatoms. The van der Waals surface area contributed by atoms with E-state index in [1.807, 2.05) is 24.3 Å². The van der Waals surface area contributed by atoms with Crippen LogP contribution in [-0.2, 0) is 10.1 Å². The van der Waals surface area contributed by atoms with E-state index in [0.29, 0.717) is 11.4 Å².